The summed E-state index contributed by atoms with van der Waals surface area (Å²) >= 11 is 1.19. The molecule has 0 bridgehead atoms. The molecule has 0 atom stereocenters. The number of hydrogen-bond acceptors (Lipinski definition) is 6. The van der Waals surface area contributed by atoms with Crippen LogP contribution in [0.1, 0.15) is 5.56 Å². The lowest BCUT2D eigenvalue weighted by molar-refractivity contribution is -0.274. The Bertz CT molecular complexity index is 931. The molecule has 2 aromatic rings. The maximum atomic E-state index is 12.3. The van der Waals surface area contributed by atoms with Gasteiger partial charge in [-0.15, -0.1) is 24.9 Å². The predicted octanol–water partition coefficient (Wildman–Crippen LogP) is 3.81. The molecule has 0 aliphatic carbocycles. The van der Waals surface area contributed by atoms with Crippen molar-refractivity contribution in [3.63, 3.8) is 0 Å². The Kier molecular flexibility index (Phi) is 6.86. The van der Waals surface area contributed by atoms with Crippen LogP contribution in [0.15, 0.2) is 46.2 Å². The maximum Gasteiger partial charge on any atom is 0.573 e. The fourth-order valence-corrected chi connectivity index (χ4v) is 4.09. The lowest BCUT2D eigenvalue weighted by atomic mass is 10.2. The number of sulfonamides is 1. The maximum absolute atomic E-state index is 12.3. The van der Waals surface area contributed by atoms with Crippen LogP contribution in [-0.2, 0) is 16.6 Å². The van der Waals surface area contributed by atoms with Crippen molar-refractivity contribution in [3.05, 3.63) is 42.0 Å². The Balaban J connectivity index is 2.40. The predicted molar refractivity (Wildman–Crippen MR) is 100 cm³/mol. The Labute approximate surface area is 165 Å². The van der Waals surface area contributed by atoms with Crippen LogP contribution in [0.2, 0.25) is 0 Å². The second kappa shape index (κ2) is 8.60. The summed E-state index contributed by atoms with van der Waals surface area (Å²) in [5.41, 5.74) is 0.558. The van der Waals surface area contributed by atoms with Gasteiger partial charge in [-0.2, -0.15) is 0 Å². The number of rotatable bonds is 7. The molecule has 0 amide bonds. The summed E-state index contributed by atoms with van der Waals surface area (Å²) < 4.78 is 70.2. The molecule has 11 heteroatoms. The molecule has 0 aliphatic rings. The van der Waals surface area contributed by atoms with Crippen molar-refractivity contribution in [2.75, 3.05) is 20.4 Å². The molecule has 2 aromatic carbocycles. The van der Waals surface area contributed by atoms with Crippen LogP contribution in [0.4, 0.5) is 13.2 Å². The van der Waals surface area contributed by atoms with Crippen LogP contribution in [0.5, 0.6) is 17.2 Å². The number of benzene rings is 2. The van der Waals surface area contributed by atoms with E-state index in [9.17, 15) is 21.6 Å². The molecular formula is C17H19F3N2O4S2. The highest BCUT2D eigenvalue weighted by Gasteiger charge is 2.31. The lowest BCUT2D eigenvalue weighted by Crippen LogP contribution is -2.17. The second-order valence-electron chi connectivity index (χ2n) is 6.01. The smallest absolute Gasteiger partial charge is 0.457 e. The highest BCUT2D eigenvalue weighted by molar-refractivity contribution is 7.99. The van der Waals surface area contributed by atoms with Gasteiger partial charge < -0.3 is 14.4 Å². The summed E-state index contributed by atoms with van der Waals surface area (Å²) in [5.74, 6) is 0.266. The Morgan fingerprint density at radius 2 is 1.68 bits per heavy atom. The lowest BCUT2D eigenvalue weighted by Gasteiger charge is -2.18. The first-order chi connectivity index (χ1) is 12.9. The molecule has 0 unspecified atom stereocenters. The summed E-state index contributed by atoms with van der Waals surface area (Å²) in [6.45, 7) is 0.363. The van der Waals surface area contributed by atoms with Gasteiger partial charge in [0, 0.05) is 17.0 Å². The van der Waals surface area contributed by atoms with E-state index >= 15 is 0 Å². The standard InChI is InChI=1S/C17H19F3N2O4S2/c1-22(2)10-11-8-16(28(21,23)24)15(27-3)9-14(11)25-12-4-6-13(7-5-12)26-17(18,19)20/h4-9H,10H2,1-3H3,(H2,21,23,24). The molecule has 2 rings (SSSR count). The molecule has 2 N–H and O–H groups in total. The molecule has 0 aromatic heterocycles. The van der Waals surface area contributed by atoms with E-state index in [4.69, 9.17) is 9.88 Å². The van der Waals surface area contributed by atoms with Gasteiger partial charge in [0.1, 0.15) is 17.2 Å². The van der Waals surface area contributed by atoms with E-state index in [2.05, 4.69) is 4.74 Å². The molecule has 154 valence electrons. The van der Waals surface area contributed by atoms with E-state index < -0.39 is 16.4 Å². The topological polar surface area (TPSA) is 81.9 Å². The zero-order chi connectivity index (χ0) is 21.1. The third-order valence-corrected chi connectivity index (χ3v) is 5.28. The summed E-state index contributed by atoms with van der Waals surface area (Å²) in [7, 11) is -0.339. The van der Waals surface area contributed by atoms with Crippen molar-refractivity contribution >= 4 is 21.8 Å². The quantitative estimate of drug-likeness (QED) is 0.665. The summed E-state index contributed by atoms with van der Waals surface area (Å²) in [5, 5.41) is 5.30. The van der Waals surface area contributed by atoms with Gasteiger partial charge >= 0.3 is 6.36 Å². The van der Waals surface area contributed by atoms with Crippen LogP contribution in [-0.4, -0.2) is 40.0 Å². The number of hydrogen-bond donors (Lipinski definition) is 1. The molecule has 0 fully saturated rings. The number of halogens is 3. The van der Waals surface area contributed by atoms with Gasteiger partial charge in [0.2, 0.25) is 10.0 Å². The van der Waals surface area contributed by atoms with Gasteiger partial charge in [-0.3, -0.25) is 0 Å². The normalized spacial score (nSPS) is 12.3. The summed E-state index contributed by atoms with van der Waals surface area (Å²) in [4.78, 5) is 2.20. The van der Waals surface area contributed by atoms with Crippen LogP contribution in [0.3, 0.4) is 0 Å². The minimum atomic E-state index is -4.78. The summed E-state index contributed by atoms with van der Waals surface area (Å²) in [6.07, 6.45) is -3.08. The van der Waals surface area contributed by atoms with Gasteiger partial charge in [-0.25, -0.2) is 13.6 Å². The highest BCUT2D eigenvalue weighted by atomic mass is 32.2. The van der Waals surface area contributed by atoms with Crippen LogP contribution in [0.25, 0.3) is 0 Å². The van der Waals surface area contributed by atoms with Crippen LogP contribution in [0, 0.1) is 0 Å². The molecule has 0 radical (unpaired) electrons. The number of nitrogens with zero attached hydrogens (tertiary/aromatic N) is 1. The molecule has 6 nitrogen and oxygen atoms in total. The van der Waals surface area contributed by atoms with Crippen molar-refractivity contribution in [1.82, 2.24) is 4.90 Å². The van der Waals surface area contributed by atoms with E-state index in [1.807, 2.05) is 4.90 Å². The first-order valence-corrected chi connectivity index (χ1v) is 10.6. The highest BCUT2D eigenvalue weighted by Crippen LogP contribution is 2.35. The van der Waals surface area contributed by atoms with E-state index in [0.717, 1.165) is 12.1 Å². The zero-order valence-corrected chi connectivity index (χ0v) is 16.9. The van der Waals surface area contributed by atoms with E-state index in [1.165, 1.54) is 30.0 Å². The van der Waals surface area contributed by atoms with Crippen molar-refractivity contribution < 1.29 is 31.1 Å². The summed E-state index contributed by atoms with van der Waals surface area (Å²) in [6, 6.07) is 7.89. The van der Waals surface area contributed by atoms with Gasteiger partial charge in [0.25, 0.3) is 0 Å². The number of nitrogens with two attached hydrogens (primary N) is 1. The van der Waals surface area contributed by atoms with Gasteiger partial charge in [0.05, 0.1) is 4.90 Å². The number of primary sulfonamides is 1. The molecule has 0 saturated carbocycles. The minimum absolute atomic E-state index is 0.0156. The number of thioether (sulfide) groups is 1. The Morgan fingerprint density at radius 3 is 2.14 bits per heavy atom. The first-order valence-electron chi connectivity index (χ1n) is 7.81. The average molecular weight is 436 g/mol. The fourth-order valence-electron chi connectivity index (χ4n) is 2.36. The second-order valence-corrected chi connectivity index (χ2v) is 8.39. The molecule has 0 saturated heterocycles. The van der Waals surface area contributed by atoms with Crippen molar-refractivity contribution in [3.8, 4) is 17.2 Å². The fraction of sp³-hybridized carbons (Fsp3) is 0.294. The van der Waals surface area contributed by atoms with Gasteiger partial charge in [-0.1, -0.05) is 0 Å². The van der Waals surface area contributed by atoms with Crippen LogP contribution >= 0.6 is 11.8 Å². The number of alkyl halides is 3. The molecule has 28 heavy (non-hydrogen) atoms. The van der Waals surface area contributed by atoms with Crippen molar-refractivity contribution in [1.29, 1.82) is 0 Å². The Morgan fingerprint density at radius 1 is 1.11 bits per heavy atom. The molecule has 0 heterocycles. The first kappa shape index (κ1) is 22.3. The zero-order valence-electron chi connectivity index (χ0n) is 15.3. The largest absolute Gasteiger partial charge is 0.573 e. The molecule has 0 aliphatic heterocycles. The van der Waals surface area contributed by atoms with E-state index in [1.54, 1.807) is 26.4 Å². The number of ether oxygens (including phenoxy) is 2. The van der Waals surface area contributed by atoms with Crippen molar-refractivity contribution in [2.45, 2.75) is 22.7 Å². The monoisotopic (exact) mass is 436 g/mol. The average Bonchev–Trinajstić information content (AvgIpc) is 2.55. The Hall–Kier alpha value is -1.95. The van der Waals surface area contributed by atoms with Crippen molar-refractivity contribution in [2.24, 2.45) is 5.14 Å². The minimum Gasteiger partial charge on any atom is -0.457 e. The van der Waals surface area contributed by atoms with E-state index in [-0.39, 0.29) is 16.4 Å². The third-order valence-electron chi connectivity index (χ3n) is 3.42. The van der Waals surface area contributed by atoms with Gasteiger partial charge in [-0.05, 0) is 56.7 Å². The van der Waals surface area contributed by atoms with E-state index in [0.29, 0.717) is 22.8 Å². The third kappa shape index (κ3) is 6.30. The van der Waals surface area contributed by atoms with Crippen LogP contribution < -0.4 is 14.6 Å². The molecular weight excluding hydrogens is 417 g/mol. The molecule has 0 spiro atoms. The SMILES string of the molecule is CSc1cc(Oc2ccc(OC(F)(F)F)cc2)c(CN(C)C)cc1S(N)(=O)=O. The van der Waals surface area contributed by atoms with Gasteiger partial charge in [0.15, 0.2) is 0 Å².